The number of hydrogen-bond acceptors (Lipinski definition) is 3. The molecule has 1 fully saturated rings. The third kappa shape index (κ3) is 3.14. The molecule has 0 spiro atoms. The van der Waals surface area contributed by atoms with Crippen LogP contribution in [0.4, 0.5) is 10.5 Å². The van der Waals surface area contributed by atoms with Crippen molar-refractivity contribution in [1.29, 1.82) is 0 Å². The van der Waals surface area contributed by atoms with Crippen LogP contribution in [0.5, 0.6) is 5.75 Å². The Hall–Kier alpha value is -2.28. The summed E-state index contributed by atoms with van der Waals surface area (Å²) in [6, 6.07) is 3.59. The van der Waals surface area contributed by atoms with E-state index >= 15 is 0 Å². The van der Waals surface area contributed by atoms with Crippen molar-refractivity contribution < 1.29 is 14.7 Å². The molecule has 0 bridgehead atoms. The van der Waals surface area contributed by atoms with E-state index in [1.165, 1.54) is 23.1 Å². The molecular formula is C11H11ClN4O3. The zero-order valence-corrected chi connectivity index (χ0v) is 10.7. The smallest absolute Gasteiger partial charge is 0.348 e. The number of likely N-dealkylation sites (N-methyl/N-ethyl adjacent to an activating group) is 1. The first-order valence-corrected chi connectivity index (χ1v) is 5.72. The summed E-state index contributed by atoms with van der Waals surface area (Å²) in [5.74, 6) is -0.108. The number of nitrogens with one attached hydrogen (secondary N) is 2. The van der Waals surface area contributed by atoms with E-state index in [1.54, 1.807) is 7.05 Å². The minimum absolute atomic E-state index is 0.0752. The lowest BCUT2D eigenvalue weighted by molar-refractivity contribution is -0.118. The van der Waals surface area contributed by atoms with Crippen molar-refractivity contribution in [2.45, 2.75) is 0 Å². The Balaban J connectivity index is 2.07. The van der Waals surface area contributed by atoms with Gasteiger partial charge in [-0.25, -0.2) is 4.79 Å². The van der Waals surface area contributed by atoms with Gasteiger partial charge in [-0.2, -0.15) is 4.99 Å². The fraction of sp³-hybridized carbons (Fsp3) is 0.182. The van der Waals surface area contributed by atoms with E-state index in [1.807, 2.05) is 0 Å². The molecular weight excluding hydrogens is 272 g/mol. The highest BCUT2D eigenvalue weighted by Crippen LogP contribution is 2.26. The normalized spacial score (nSPS) is 16.6. The van der Waals surface area contributed by atoms with Crippen LogP contribution in [0, 0.1) is 0 Å². The number of carbonyl (C=O) groups excluding carboxylic acids is 2. The molecule has 7 nitrogen and oxygen atoms in total. The summed E-state index contributed by atoms with van der Waals surface area (Å²) in [6.07, 6.45) is 0. The van der Waals surface area contributed by atoms with Crippen molar-refractivity contribution in [3.8, 4) is 5.75 Å². The predicted molar refractivity (Wildman–Crippen MR) is 70.3 cm³/mol. The van der Waals surface area contributed by atoms with Crippen LogP contribution in [0.3, 0.4) is 0 Å². The van der Waals surface area contributed by atoms with Crippen LogP contribution in [0.15, 0.2) is 23.2 Å². The highest BCUT2D eigenvalue weighted by molar-refractivity contribution is 6.32. The molecule has 1 heterocycles. The molecule has 100 valence electrons. The number of aromatic hydroxyl groups is 1. The molecule has 1 aromatic rings. The fourth-order valence-corrected chi connectivity index (χ4v) is 1.68. The lowest BCUT2D eigenvalue weighted by Crippen LogP contribution is -2.29. The number of hydrogen-bond donors (Lipinski definition) is 3. The molecule has 3 N–H and O–H groups in total. The molecule has 3 amide bonds. The Labute approximate surface area is 113 Å². The van der Waals surface area contributed by atoms with Gasteiger partial charge in [-0.1, -0.05) is 11.6 Å². The largest absolute Gasteiger partial charge is 0.506 e. The van der Waals surface area contributed by atoms with E-state index in [0.717, 1.165) is 0 Å². The van der Waals surface area contributed by atoms with Crippen molar-refractivity contribution >= 4 is 35.2 Å². The van der Waals surface area contributed by atoms with Gasteiger partial charge >= 0.3 is 6.03 Å². The van der Waals surface area contributed by atoms with Crippen LogP contribution in [-0.2, 0) is 4.79 Å². The number of anilines is 1. The third-order valence-electron chi connectivity index (χ3n) is 2.40. The zero-order valence-electron chi connectivity index (χ0n) is 9.98. The average Bonchev–Trinajstić information content (AvgIpc) is 2.62. The van der Waals surface area contributed by atoms with Gasteiger partial charge in [-0.3, -0.25) is 10.1 Å². The number of carbonyl (C=O) groups is 2. The minimum atomic E-state index is -0.647. The van der Waals surface area contributed by atoms with E-state index in [4.69, 9.17) is 11.6 Å². The Kier molecular flexibility index (Phi) is 3.57. The third-order valence-corrected chi connectivity index (χ3v) is 2.70. The molecule has 19 heavy (non-hydrogen) atoms. The number of phenols is 1. The van der Waals surface area contributed by atoms with Gasteiger partial charge in [0.25, 0.3) is 0 Å². The van der Waals surface area contributed by atoms with E-state index in [2.05, 4.69) is 15.6 Å². The van der Waals surface area contributed by atoms with Crippen molar-refractivity contribution in [3.63, 3.8) is 0 Å². The highest BCUT2D eigenvalue weighted by atomic mass is 35.5. The van der Waals surface area contributed by atoms with Crippen LogP contribution >= 0.6 is 11.6 Å². The maximum atomic E-state index is 11.6. The van der Waals surface area contributed by atoms with Gasteiger partial charge in [0.1, 0.15) is 5.75 Å². The number of urea groups is 1. The summed E-state index contributed by atoms with van der Waals surface area (Å²) < 4.78 is 0. The van der Waals surface area contributed by atoms with Crippen LogP contribution in [0.2, 0.25) is 5.02 Å². The van der Waals surface area contributed by atoms with E-state index in [-0.39, 0.29) is 29.2 Å². The molecule has 0 aliphatic carbocycles. The van der Waals surface area contributed by atoms with Gasteiger partial charge in [-0.05, 0) is 18.2 Å². The second-order valence-electron chi connectivity index (χ2n) is 3.94. The summed E-state index contributed by atoms with van der Waals surface area (Å²) in [5.41, 5.74) is 0.393. The summed E-state index contributed by atoms with van der Waals surface area (Å²) >= 11 is 5.71. The van der Waals surface area contributed by atoms with Crippen molar-refractivity contribution in [1.82, 2.24) is 10.2 Å². The first-order valence-electron chi connectivity index (χ1n) is 5.35. The molecule has 0 radical (unpaired) electrons. The van der Waals surface area contributed by atoms with Crippen molar-refractivity contribution in [2.24, 2.45) is 4.99 Å². The Bertz CT molecular complexity index is 573. The number of phenolic OH excluding ortho intramolecular Hbond substituents is 1. The van der Waals surface area contributed by atoms with Gasteiger partial charge in [0.2, 0.25) is 11.9 Å². The first kappa shape index (κ1) is 13.2. The highest BCUT2D eigenvalue weighted by Gasteiger charge is 2.22. The number of amides is 3. The minimum Gasteiger partial charge on any atom is -0.506 e. The molecule has 0 atom stereocenters. The van der Waals surface area contributed by atoms with Crippen molar-refractivity contribution in [3.05, 3.63) is 23.2 Å². The van der Waals surface area contributed by atoms with E-state index in [9.17, 15) is 14.7 Å². The molecule has 0 unspecified atom stereocenters. The zero-order chi connectivity index (χ0) is 14.0. The van der Waals surface area contributed by atoms with E-state index < -0.39 is 6.03 Å². The molecule has 0 saturated carbocycles. The number of aliphatic imine (C=N–C) groups is 1. The summed E-state index contributed by atoms with van der Waals surface area (Å²) in [7, 11) is 1.64. The molecule has 8 heteroatoms. The first-order chi connectivity index (χ1) is 8.95. The standard InChI is InChI=1S/C11H11ClN4O3/c1-16-5-9(18)14-10(16)15-11(19)13-6-2-3-8(17)7(12)4-6/h2-4,17H,5H2,1H3,(H2,13,14,15,18,19). The Morgan fingerprint density at radius 1 is 1.58 bits per heavy atom. The lowest BCUT2D eigenvalue weighted by Gasteiger charge is -2.08. The number of nitrogens with zero attached hydrogens (tertiary/aromatic N) is 2. The van der Waals surface area contributed by atoms with Gasteiger partial charge in [0.15, 0.2) is 0 Å². The number of rotatable bonds is 1. The number of benzene rings is 1. The van der Waals surface area contributed by atoms with Gasteiger partial charge < -0.3 is 15.3 Å². The molecule has 1 aliphatic heterocycles. The summed E-state index contributed by atoms with van der Waals surface area (Å²) in [6.45, 7) is 0.164. The summed E-state index contributed by atoms with van der Waals surface area (Å²) in [4.78, 5) is 27.9. The quantitative estimate of drug-likeness (QED) is 0.670. The lowest BCUT2D eigenvalue weighted by atomic mass is 10.3. The van der Waals surface area contributed by atoms with Gasteiger partial charge in [-0.15, -0.1) is 0 Å². The van der Waals surface area contributed by atoms with Crippen molar-refractivity contribution in [2.75, 3.05) is 18.9 Å². The Morgan fingerprint density at radius 2 is 2.32 bits per heavy atom. The fourth-order valence-electron chi connectivity index (χ4n) is 1.50. The van der Waals surface area contributed by atoms with Crippen LogP contribution < -0.4 is 10.6 Å². The van der Waals surface area contributed by atoms with E-state index in [0.29, 0.717) is 5.69 Å². The molecule has 1 saturated heterocycles. The SMILES string of the molecule is CN1CC(=O)N/C1=N\C(=O)Nc1ccc(O)c(Cl)c1. The summed E-state index contributed by atoms with van der Waals surface area (Å²) in [5, 5.41) is 14.3. The number of guanidine groups is 1. The average molecular weight is 283 g/mol. The topological polar surface area (TPSA) is 94.0 Å². The predicted octanol–water partition coefficient (Wildman–Crippen LogP) is 0.995. The molecule has 0 aromatic heterocycles. The molecule has 1 aromatic carbocycles. The second kappa shape index (κ2) is 5.15. The second-order valence-corrected chi connectivity index (χ2v) is 4.34. The van der Waals surface area contributed by atoms with Gasteiger partial charge in [0, 0.05) is 12.7 Å². The molecule has 1 aliphatic rings. The van der Waals surface area contributed by atoms with Crippen LogP contribution in [-0.4, -0.2) is 41.5 Å². The maximum absolute atomic E-state index is 11.6. The molecule has 2 rings (SSSR count). The van der Waals surface area contributed by atoms with Gasteiger partial charge in [0.05, 0.1) is 11.6 Å². The van der Waals surface area contributed by atoms with Crippen LogP contribution in [0.1, 0.15) is 0 Å². The van der Waals surface area contributed by atoms with Crippen LogP contribution in [0.25, 0.3) is 0 Å². The monoisotopic (exact) mass is 282 g/mol. The Morgan fingerprint density at radius 3 is 2.89 bits per heavy atom. The maximum Gasteiger partial charge on any atom is 0.348 e. The number of halogens is 1.